The van der Waals surface area contributed by atoms with Crippen molar-refractivity contribution in [1.29, 1.82) is 0 Å². The SMILES string of the molecule is CN1Cc2cc(Cl)ccc2-c2c(N3CC4(CN(c5ccc(F)cn5)C4)C3)noc2C1. The van der Waals surface area contributed by atoms with E-state index in [9.17, 15) is 4.39 Å². The molecule has 154 valence electrons. The molecule has 3 aliphatic rings. The minimum absolute atomic E-state index is 0.242. The van der Waals surface area contributed by atoms with Crippen molar-refractivity contribution in [2.24, 2.45) is 5.41 Å². The molecule has 3 aromatic rings. The number of benzene rings is 1. The monoisotopic (exact) mass is 425 g/mol. The summed E-state index contributed by atoms with van der Waals surface area (Å²) >= 11 is 6.26. The summed E-state index contributed by atoms with van der Waals surface area (Å²) in [7, 11) is 2.08. The van der Waals surface area contributed by atoms with Crippen LogP contribution in [0.1, 0.15) is 11.3 Å². The standard InChI is InChI=1S/C22H21ClFN5O/c1-27-8-14-6-15(23)2-4-17(14)20-18(9-27)30-26-21(20)29-12-22(13-29)10-28(11-22)19-5-3-16(24)7-25-19/h2-7H,8-13H2,1H3. The van der Waals surface area contributed by atoms with Crippen LogP contribution >= 0.6 is 11.6 Å². The van der Waals surface area contributed by atoms with Crippen LogP contribution in [0.5, 0.6) is 0 Å². The van der Waals surface area contributed by atoms with Gasteiger partial charge in [0.05, 0.1) is 18.3 Å². The number of rotatable bonds is 2. The molecule has 6 rings (SSSR count). The van der Waals surface area contributed by atoms with E-state index in [1.54, 1.807) is 6.07 Å². The first-order chi connectivity index (χ1) is 14.5. The smallest absolute Gasteiger partial charge is 0.180 e. The normalized spacial score (nSPS) is 19.7. The van der Waals surface area contributed by atoms with Crippen molar-refractivity contribution in [2.45, 2.75) is 13.1 Å². The average Bonchev–Trinajstić information content (AvgIpc) is 2.97. The van der Waals surface area contributed by atoms with Gasteiger partial charge in [-0.15, -0.1) is 0 Å². The van der Waals surface area contributed by atoms with Gasteiger partial charge in [0.1, 0.15) is 11.6 Å². The van der Waals surface area contributed by atoms with Crippen LogP contribution in [0.25, 0.3) is 11.1 Å². The molecule has 3 aliphatic heterocycles. The number of nitrogens with zero attached hydrogens (tertiary/aromatic N) is 5. The lowest BCUT2D eigenvalue weighted by molar-refractivity contribution is 0.153. The third kappa shape index (κ3) is 2.80. The number of fused-ring (bicyclic) bond motifs is 3. The summed E-state index contributed by atoms with van der Waals surface area (Å²) in [6.45, 7) is 5.26. The largest absolute Gasteiger partial charge is 0.357 e. The summed E-state index contributed by atoms with van der Waals surface area (Å²) in [6.07, 6.45) is 1.28. The van der Waals surface area contributed by atoms with E-state index in [0.717, 1.165) is 72.8 Å². The molecule has 2 fully saturated rings. The fraction of sp³-hybridized carbons (Fsp3) is 0.364. The summed E-state index contributed by atoms with van der Waals surface area (Å²) in [5.41, 5.74) is 3.69. The van der Waals surface area contributed by atoms with Crippen molar-refractivity contribution in [3.05, 3.63) is 58.7 Å². The first kappa shape index (κ1) is 18.2. The lowest BCUT2D eigenvalue weighted by Crippen LogP contribution is -2.72. The van der Waals surface area contributed by atoms with E-state index >= 15 is 0 Å². The molecular formula is C22H21ClFN5O. The second-order valence-electron chi connectivity index (χ2n) is 8.82. The molecule has 6 nitrogen and oxygen atoms in total. The van der Waals surface area contributed by atoms with Crippen molar-refractivity contribution in [3.63, 3.8) is 0 Å². The molecule has 2 aromatic heterocycles. The molecule has 0 amide bonds. The number of aromatic nitrogens is 2. The van der Waals surface area contributed by atoms with E-state index in [2.05, 4.69) is 38.0 Å². The highest BCUT2D eigenvalue weighted by Gasteiger charge is 2.53. The fourth-order valence-corrected chi connectivity index (χ4v) is 5.23. The zero-order valence-electron chi connectivity index (χ0n) is 16.6. The molecule has 0 saturated carbocycles. The molecule has 0 radical (unpaired) electrons. The molecule has 0 atom stereocenters. The van der Waals surface area contributed by atoms with Gasteiger partial charge >= 0.3 is 0 Å². The molecule has 5 heterocycles. The van der Waals surface area contributed by atoms with E-state index in [4.69, 9.17) is 16.1 Å². The van der Waals surface area contributed by atoms with E-state index < -0.39 is 0 Å². The highest BCUT2D eigenvalue weighted by Crippen LogP contribution is 2.47. The van der Waals surface area contributed by atoms with E-state index in [1.165, 1.54) is 17.8 Å². The zero-order chi connectivity index (χ0) is 20.5. The summed E-state index contributed by atoms with van der Waals surface area (Å²) in [5, 5.41) is 5.20. The first-order valence-corrected chi connectivity index (χ1v) is 10.4. The number of pyridine rings is 1. The highest BCUT2D eigenvalue weighted by atomic mass is 35.5. The molecule has 1 aromatic carbocycles. The average molecular weight is 426 g/mol. The Balaban J connectivity index is 1.23. The third-order valence-electron chi connectivity index (χ3n) is 6.38. The Morgan fingerprint density at radius 3 is 2.63 bits per heavy atom. The quantitative estimate of drug-likeness (QED) is 0.622. The predicted molar refractivity (Wildman–Crippen MR) is 113 cm³/mol. The van der Waals surface area contributed by atoms with E-state index in [1.807, 2.05) is 12.1 Å². The van der Waals surface area contributed by atoms with Gasteiger partial charge < -0.3 is 14.3 Å². The Hall–Kier alpha value is -2.64. The Labute approximate surface area is 178 Å². The predicted octanol–water partition coefficient (Wildman–Crippen LogP) is 3.80. The van der Waals surface area contributed by atoms with Gasteiger partial charge in [0.25, 0.3) is 0 Å². The van der Waals surface area contributed by atoms with Gasteiger partial charge in [-0.1, -0.05) is 22.8 Å². The van der Waals surface area contributed by atoms with Gasteiger partial charge in [0.2, 0.25) is 0 Å². The lowest BCUT2D eigenvalue weighted by atomic mass is 9.72. The Kier molecular flexibility index (Phi) is 3.89. The van der Waals surface area contributed by atoms with Crippen LogP contribution in [0, 0.1) is 11.2 Å². The maximum absolute atomic E-state index is 13.1. The van der Waals surface area contributed by atoms with Gasteiger partial charge in [-0.25, -0.2) is 9.37 Å². The van der Waals surface area contributed by atoms with Crippen molar-refractivity contribution in [2.75, 3.05) is 43.0 Å². The third-order valence-corrected chi connectivity index (χ3v) is 6.61. The van der Waals surface area contributed by atoms with Gasteiger partial charge in [0, 0.05) is 43.2 Å². The lowest BCUT2D eigenvalue weighted by Gasteiger charge is -2.60. The van der Waals surface area contributed by atoms with Crippen molar-refractivity contribution < 1.29 is 8.91 Å². The molecule has 8 heteroatoms. The fourth-order valence-electron chi connectivity index (χ4n) is 5.03. The molecule has 0 bridgehead atoms. The van der Waals surface area contributed by atoms with E-state index in [-0.39, 0.29) is 11.2 Å². The van der Waals surface area contributed by atoms with Crippen LogP contribution < -0.4 is 9.80 Å². The Morgan fingerprint density at radius 2 is 1.87 bits per heavy atom. The number of hydrogen-bond donors (Lipinski definition) is 0. The van der Waals surface area contributed by atoms with Crippen LogP contribution in [0.15, 0.2) is 41.1 Å². The number of anilines is 2. The van der Waals surface area contributed by atoms with Crippen LogP contribution in [-0.2, 0) is 13.1 Å². The van der Waals surface area contributed by atoms with Crippen molar-refractivity contribution in [1.82, 2.24) is 15.0 Å². The summed E-state index contributed by atoms with van der Waals surface area (Å²) in [4.78, 5) is 10.9. The molecule has 1 spiro atoms. The van der Waals surface area contributed by atoms with Gasteiger partial charge in [0.15, 0.2) is 11.6 Å². The molecule has 0 N–H and O–H groups in total. The molecule has 30 heavy (non-hydrogen) atoms. The van der Waals surface area contributed by atoms with Crippen LogP contribution in [-0.4, -0.2) is 48.3 Å². The molecular weight excluding hydrogens is 405 g/mol. The molecule has 0 unspecified atom stereocenters. The van der Waals surface area contributed by atoms with Gasteiger partial charge in [-0.05, 0) is 42.4 Å². The highest BCUT2D eigenvalue weighted by molar-refractivity contribution is 6.30. The topological polar surface area (TPSA) is 48.6 Å². The van der Waals surface area contributed by atoms with Crippen LogP contribution in [0.2, 0.25) is 5.02 Å². The van der Waals surface area contributed by atoms with Crippen molar-refractivity contribution in [3.8, 4) is 11.1 Å². The maximum atomic E-state index is 13.1. The summed E-state index contributed by atoms with van der Waals surface area (Å²) in [6, 6.07) is 9.26. The number of halogens is 2. The summed E-state index contributed by atoms with van der Waals surface area (Å²) in [5.74, 6) is 2.36. The first-order valence-electron chi connectivity index (χ1n) is 10.1. The van der Waals surface area contributed by atoms with Gasteiger partial charge in [-0.2, -0.15) is 0 Å². The molecule has 2 saturated heterocycles. The maximum Gasteiger partial charge on any atom is 0.180 e. The number of hydrogen-bond acceptors (Lipinski definition) is 6. The van der Waals surface area contributed by atoms with Crippen LogP contribution in [0.3, 0.4) is 0 Å². The zero-order valence-corrected chi connectivity index (χ0v) is 17.4. The molecule has 0 aliphatic carbocycles. The Morgan fingerprint density at radius 1 is 1.07 bits per heavy atom. The second-order valence-corrected chi connectivity index (χ2v) is 9.26. The Bertz CT molecular complexity index is 1120. The van der Waals surface area contributed by atoms with Gasteiger partial charge in [-0.3, -0.25) is 4.90 Å². The minimum atomic E-state index is -0.303. The van der Waals surface area contributed by atoms with Crippen LogP contribution in [0.4, 0.5) is 16.0 Å². The van der Waals surface area contributed by atoms with E-state index in [0.29, 0.717) is 0 Å². The minimum Gasteiger partial charge on any atom is -0.357 e. The summed E-state index contributed by atoms with van der Waals surface area (Å²) < 4.78 is 18.9. The second kappa shape index (κ2) is 6.43. The van der Waals surface area contributed by atoms with Crippen molar-refractivity contribution >= 4 is 23.2 Å².